The fourth-order valence-electron chi connectivity index (χ4n) is 6.13. The number of esters is 1. The fourth-order valence-corrected chi connectivity index (χ4v) is 7.66. The van der Waals surface area contributed by atoms with Crippen LogP contribution >= 0.6 is 7.82 Å². The normalized spacial score (nSPS) is 14.2. The summed E-state index contributed by atoms with van der Waals surface area (Å²) < 4.78 is 67.7. The average Bonchev–Trinajstić information content (AvgIpc) is 3.99. The Labute approximate surface area is 328 Å². The number of aromatic nitrogens is 1. The van der Waals surface area contributed by atoms with Crippen LogP contribution in [-0.2, 0) is 58.7 Å². The first-order chi connectivity index (χ1) is 27.0. The van der Waals surface area contributed by atoms with Crippen LogP contribution in [0.3, 0.4) is 0 Å². The summed E-state index contributed by atoms with van der Waals surface area (Å²) in [6.07, 6.45) is 2.49. The fraction of sp³-hybridized carbons (Fsp3) is 0.341. The molecule has 2 atom stereocenters. The Balaban J connectivity index is 1.07. The maximum Gasteiger partial charge on any atom is 0.478 e. The highest BCUT2D eigenvalue weighted by atomic mass is 32.2. The molecule has 0 aliphatic heterocycles. The standard InChI is InChI=1S/C41H46N3O10PS/c1-28-16-18-33(19-17-28)38-37(39(45)42-3)35-23-34(32-20-21-32)36(43-40(35)54-38)24-44(56(48)49)22-10-11-29(2)41(46)50-27-53-55(47,51-25-30-12-6-4-7-13-30)52-26-31-14-8-5-9-15-31/h4-9,12-19,23,29,32H,10-11,20-22,24-27H2,1-3H3,(H,42,45)(H,48,49)/p-1/t29-/m0/s1. The number of rotatable bonds is 20. The molecule has 1 aliphatic carbocycles. The van der Waals surface area contributed by atoms with Crippen LogP contribution < -0.4 is 5.32 Å². The van der Waals surface area contributed by atoms with Crippen molar-refractivity contribution in [3.05, 3.63) is 125 Å². The summed E-state index contributed by atoms with van der Waals surface area (Å²) in [5.74, 6) is -0.964. The zero-order chi connectivity index (χ0) is 39.7. The number of hydrogen-bond donors (Lipinski definition) is 1. The number of pyridine rings is 1. The molecule has 1 saturated carbocycles. The maximum atomic E-state index is 13.5. The summed E-state index contributed by atoms with van der Waals surface area (Å²) in [4.78, 5) is 30.8. The van der Waals surface area contributed by atoms with Gasteiger partial charge >= 0.3 is 13.8 Å². The van der Waals surface area contributed by atoms with Gasteiger partial charge in [-0.3, -0.25) is 22.8 Å². The van der Waals surface area contributed by atoms with Gasteiger partial charge in [0.15, 0.2) is 0 Å². The molecule has 0 bridgehead atoms. The average molecular weight is 803 g/mol. The number of nitrogens with one attached hydrogen (secondary N) is 1. The summed E-state index contributed by atoms with van der Waals surface area (Å²) in [5, 5.41) is 3.27. The van der Waals surface area contributed by atoms with Crippen LogP contribution in [-0.4, -0.2) is 50.3 Å². The van der Waals surface area contributed by atoms with E-state index >= 15 is 0 Å². The second kappa shape index (κ2) is 19.1. The molecule has 2 aromatic heterocycles. The van der Waals surface area contributed by atoms with Crippen LogP contribution in [0.5, 0.6) is 0 Å². The van der Waals surface area contributed by atoms with Gasteiger partial charge in [0.2, 0.25) is 12.5 Å². The number of amides is 1. The SMILES string of the molecule is CNC(=O)c1c(-c2ccc(C)cc2)oc2nc(CN(CCC[C@H](C)C(=O)OCOP(=O)(OCc3ccccc3)OCc3ccccc3)S(=O)[O-])c(C3CC3)cc12. The van der Waals surface area contributed by atoms with Gasteiger partial charge in [0.05, 0.1) is 42.3 Å². The van der Waals surface area contributed by atoms with Crippen molar-refractivity contribution >= 4 is 42.1 Å². The Morgan fingerprint density at radius 3 is 2.18 bits per heavy atom. The van der Waals surface area contributed by atoms with Crippen molar-refractivity contribution in [3.8, 4) is 11.3 Å². The smallest absolute Gasteiger partial charge is 0.478 e. The molecule has 1 N–H and O–H groups in total. The second-order valence-corrected chi connectivity index (χ2v) is 16.3. The van der Waals surface area contributed by atoms with Crippen molar-refractivity contribution in [2.75, 3.05) is 20.4 Å². The van der Waals surface area contributed by atoms with E-state index in [-0.39, 0.29) is 43.8 Å². The van der Waals surface area contributed by atoms with E-state index in [1.165, 1.54) is 4.31 Å². The molecular formula is C41H45N3O10PS-. The molecule has 3 aromatic carbocycles. The lowest BCUT2D eigenvalue weighted by Crippen LogP contribution is -2.28. The number of ether oxygens (including phenoxy) is 1. The third kappa shape index (κ3) is 10.9. The van der Waals surface area contributed by atoms with E-state index in [4.69, 9.17) is 27.7 Å². The van der Waals surface area contributed by atoms with Crippen molar-refractivity contribution in [1.29, 1.82) is 0 Å². The molecule has 296 valence electrons. The zero-order valence-corrected chi connectivity index (χ0v) is 33.2. The molecule has 5 aromatic rings. The van der Waals surface area contributed by atoms with Gasteiger partial charge in [0.1, 0.15) is 5.76 Å². The number of carbonyl (C=O) groups is 2. The van der Waals surface area contributed by atoms with Crippen molar-refractivity contribution in [3.63, 3.8) is 0 Å². The number of aryl methyl sites for hydroxylation is 1. The number of furan rings is 1. The number of nitrogens with zero attached hydrogens (tertiary/aromatic N) is 2. The van der Waals surface area contributed by atoms with Crippen LogP contribution in [0.2, 0.25) is 0 Å². The highest BCUT2D eigenvalue weighted by Crippen LogP contribution is 2.51. The Morgan fingerprint density at radius 2 is 1.61 bits per heavy atom. The first kappa shape index (κ1) is 41.1. The first-order valence-corrected chi connectivity index (χ1v) is 20.9. The lowest BCUT2D eigenvalue weighted by Gasteiger charge is -2.25. The predicted octanol–water partition coefficient (Wildman–Crippen LogP) is 8.11. The van der Waals surface area contributed by atoms with E-state index in [9.17, 15) is 22.9 Å². The van der Waals surface area contributed by atoms with Gasteiger partial charge < -0.3 is 19.0 Å². The highest BCUT2D eigenvalue weighted by molar-refractivity contribution is 7.76. The van der Waals surface area contributed by atoms with E-state index in [1.807, 2.05) is 73.7 Å². The van der Waals surface area contributed by atoms with Gasteiger partial charge in [-0.2, -0.15) is 0 Å². The minimum absolute atomic E-state index is 0.0122. The van der Waals surface area contributed by atoms with E-state index in [1.54, 1.807) is 38.2 Å². The van der Waals surface area contributed by atoms with Gasteiger partial charge in [0.25, 0.3) is 5.91 Å². The van der Waals surface area contributed by atoms with Crippen LogP contribution in [0.15, 0.2) is 95.4 Å². The first-order valence-electron chi connectivity index (χ1n) is 18.4. The quantitative estimate of drug-likeness (QED) is 0.0349. The Kier molecular flexibility index (Phi) is 14.0. The van der Waals surface area contributed by atoms with E-state index in [2.05, 4.69) is 5.32 Å². The molecule has 6 rings (SSSR count). The topological polar surface area (TPSA) is 170 Å². The molecule has 0 saturated heterocycles. The van der Waals surface area contributed by atoms with Crippen molar-refractivity contribution < 1.29 is 45.6 Å². The number of phosphoric ester groups is 1. The number of fused-ring (bicyclic) bond motifs is 1. The summed E-state index contributed by atoms with van der Waals surface area (Å²) in [5.41, 5.74) is 5.35. The third-order valence-corrected chi connectivity index (χ3v) is 11.5. The molecule has 1 amide bonds. The van der Waals surface area contributed by atoms with Crippen LogP contribution in [0, 0.1) is 12.8 Å². The maximum absolute atomic E-state index is 13.5. The molecule has 0 spiro atoms. The number of carbonyl (C=O) groups excluding carboxylic acids is 2. The van der Waals surface area contributed by atoms with E-state index < -0.39 is 37.8 Å². The van der Waals surface area contributed by atoms with Crippen LogP contribution in [0.4, 0.5) is 0 Å². The molecule has 13 nitrogen and oxygen atoms in total. The monoisotopic (exact) mass is 802 g/mol. The number of hydrogen-bond acceptors (Lipinski definition) is 11. The number of phosphoric acid groups is 1. The molecule has 2 heterocycles. The Hall–Kier alpha value is -4.53. The molecule has 1 fully saturated rings. The molecule has 1 unspecified atom stereocenters. The third-order valence-electron chi connectivity index (χ3n) is 9.44. The Morgan fingerprint density at radius 1 is 0.982 bits per heavy atom. The lowest BCUT2D eigenvalue weighted by molar-refractivity contribution is -0.156. The van der Waals surface area contributed by atoms with Gasteiger partial charge in [-0.15, -0.1) is 0 Å². The van der Waals surface area contributed by atoms with Gasteiger partial charge in [-0.25, -0.2) is 18.4 Å². The van der Waals surface area contributed by atoms with Crippen LogP contribution in [0.1, 0.15) is 76.8 Å². The summed E-state index contributed by atoms with van der Waals surface area (Å²) >= 11 is -2.60. The molecule has 0 radical (unpaired) electrons. The largest absolute Gasteiger partial charge is 0.760 e. The minimum Gasteiger partial charge on any atom is -0.760 e. The van der Waals surface area contributed by atoms with Crippen molar-refractivity contribution in [2.45, 2.75) is 65.2 Å². The second-order valence-electron chi connectivity index (χ2n) is 13.7. The van der Waals surface area contributed by atoms with Gasteiger partial charge in [-0.05, 0) is 61.3 Å². The predicted molar refractivity (Wildman–Crippen MR) is 209 cm³/mol. The summed E-state index contributed by atoms with van der Waals surface area (Å²) in [7, 11) is -2.59. The number of benzene rings is 3. The minimum atomic E-state index is -4.15. The molecule has 1 aliphatic rings. The van der Waals surface area contributed by atoms with Crippen molar-refractivity contribution in [2.24, 2.45) is 5.92 Å². The van der Waals surface area contributed by atoms with Gasteiger partial charge in [-0.1, -0.05) is 97.4 Å². The molecule has 15 heteroatoms. The Bertz CT molecular complexity index is 2130. The summed E-state index contributed by atoms with van der Waals surface area (Å²) in [6.45, 7) is 2.97. The van der Waals surface area contributed by atoms with E-state index in [0.29, 0.717) is 35.2 Å². The van der Waals surface area contributed by atoms with E-state index in [0.717, 1.165) is 40.7 Å². The highest BCUT2D eigenvalue weighted by Gasteiger charge is 2.32. The van der Waals surface area contributed by atoms with Crippen LogP contribution in [0.25, 0.3) is 22.4 Å². The van der Waals surface area contributed by atoms with Crippen molar-refractivity contribution in [1.82, 2.24) is 14.6 Å². The zero-order valence-electron chi connectivity index (χ0n) is 31.5. The van der Waals surface area contributed by atoms with Gasteiger partial charge in [0, 0.05) is 30.4 Å². The molecular weight excluding hydrogens is 758 g/mol. The molecule has 56 heavy (non-hydrogen) atoms. The lowest BCUT2D eigenvalue weighted by atomic mass is 10.0. The summed E-state index contributed by atoms with van der Waals surface area (Å²) in [6, 6.07) is 27.7.